The summed E-state index contributed by atoms with van der Waals surface area (Å²) in [5, 5.41) is 10.2. The van der Waals surface area contributed by atoms with Crippen LogP contribution in [0.25, 0.3) is 0 Å². The highest BCUT2D eigenvalue weighted by Crippen LogP contribution is 2.39. The van der Waals surface area contributed by atoms with Crippen LogP contribution in [0.1, 0.15) is 23.6 Å². The van der Waals surface area contributed by atoms with Gasteiger partial charge in [0.2, 0.25) is 5.91 Å². The summed E-state index contributed by atoms with van der Waals surface area (Å²) >= 11 is 0. The standard InChI is InChI=1S/C14H16FNO4S/c15-21(19,20)8-9-5-13(18)16(7-9)14-11-4-2-1-3-10(11)6-12(14)17/h1-4,9,12,14,17H,5-8H2/t9?,12-,14+/m0/s1. The molecule has 0 radical (unpaired) electrons. The van der Waals surface area contributed by atoms with Crippen LogP contribution < -0.4 is 0 Å². The van der Waals surface area contributed by atoms with Gasteiger partial charge in [-0.2, -0.15) is 8.42 Å². The van der Waals surface area contributed by atoms with Gasteiger partial charge in [0.25, 0.3) is 0 Å². The zero-order valence-electron chi connectivity index (χ0n) is 11.3. The number of aliphatic hydroxyl groups is 1. The van der Waals surface area contributed by atoms with Crippen molar-refractivity contribution in [3.63, 3.8) is 0 Å². The lowest BCUT2D eigenvalue weighted by atomic mass is 10.1. The monoisotopic (exact) mass is 313 g/mol. The van der Waals surface area contributed by atoms with Crippen LogP contribution in [0.5, 0.6) is 0 Å². The minimum absolute atomic E-state index is 0.00847. The molecule has 7 heteroatoms. The number of hydrogen-bond acceptors (Lipinski definition) is 4. The second kappa shape index (κ2) is 5.06. The van der Waals surface area contributed by atoms with Gasteiger partial charge < -0.3 is 10.0 Å². The largest absolute Gasteiger partial charge is 0.390 e. The first-order valence-corrected chi connectivity index (χ1v) is 8.38. The Hall–Kier alpha value is -1.47. The third kappa shape index (κ3) is 2.80. The Morgan fingerprint density at radius 2 is 2.00 bits per heavy atom. The fourth-order valence-electron chi connectivity index (χ4n) is 3.40. The van der Waals surface area contributed by atoms with E-state index in [-0.39, 0.29) is 18.9 Å². The lowest BCUT2D eigenvalue weighted by Gasteiger charge is -2.28. The Balaban J connectivity index is 1.83. The lowest BCUT2D eigenvalue weighted by molar-refractivity contribution is -0.131. The molecule has 5 nitrogen and oxygen atoms in total. The summed E-state index contributed by atoms with van der Waals surface area (Å²) in [4.78, 5) is 13.6. The lowest BCUT2D eigenvalue weighted by Crippen LogP contribution is -2.35. The molecule has 114 valence electrons. The highest BCUT2D eigenvalue weighted by molar-refractivity contribution is 7.86. The van der Waals surface area contributed by atoms with E-state index in [1.807, 2.05) is 24.3 Å². The van der Waals surface area contributed by atoms with Crippen LogP contribution in [0.4, 0.5) is 3.89 Å². The summed E-state index contributed by atoms with van der Waals surface area (Å²) in [5.41, 5.74) is 1.88. The zero-order chi connectivity index (χ0) is 15.2. The van der Waals surface area contributed by atoms with Crippen molar-refractivity contribution in [2.24, 2.45) is 5.92 Å². The molecule has 1 N–H and O–H groups in total. The van der Waals surface area contributed by atoms with Gasteiger partial charge in [-0.15, -0.1) is 3.89 Å². The molecule has 0 aromatic heterocycles. The highest BCUT2D eigenvalue weighted by atomic mass is 32.3. The Kier molecular flexibility index (Phi) is 3.49. The molecule has 1 aromatic carbocycles. The zero-order valence-corrected chi connectivity index (χ0v) is 12.1. The number of aliphatic hydroxyl groups excluding tert-OH is 1. The van der Waals surface area contributed by atoms with E-state index in [0.29, 0.717) is 6.42 Å². The molecule has 0 bridgehead atoms. The predicted molar refractivity (Wildman–Crippen MR) is 73.6 cm³/mol. The van der Waals surface area contributed by atoms with E-state index in [0.717, 1.165) is 11.1 Å². The molecule has 1 aliphatic carbocycles. The van der Waals surface area contributed by atoms with Gasteiger partial charge in [0.05, 0.1) is 17.9 Å². The average molecular weight is 313 g/mol. The number of halogens is 1. The van der Waals surface area contributed by atoms with Gasteiger partial charge in [-0.3, -0.25) is 4.79 Å². The van der Waals surface area contributed by atoms with Crippen molar-refractivity contribution in [2.75, 3.05) is 12.3 Å². The minimum atomic E-state index is -4.59. The maximum atomic E-state index is 12.8. The van der Waals surface area contributed by atoms with Gasteiger partial charge in [0.15, 0.2) is 0 Å². The second-order valence-electron chi connectivity index (χ2n) is 5.74. The number of hydrogen-bond donors (Lipinski definition) is 1. The Labute approximate surface area is 122 Å². The molecule has 1 aliphatic heterocycles. The number of carbonyl (C=O) groups excluding carboxylic acids is 1. The second-order valence-corrected chi connectivity index (χ2v) is 7.15. The highest BCUT2D eigenvalue weighted by Gasteiger charge is 2.42. The minimum Gasteiger partial charge on any atom is -0.390 e. The Morgan fingerprint density at radius 3 is 2.71 bits per heavy atom. The normalized spacial score (nSPS) is 29.0. The van der Waals surface area contributed by atoms with Crippen molar-refractivity contribution in [3.05, 3.63) is 35.4 Å². The molecule has 2 aliphatic rings. The first-order chi connectivity index (χ1) is 9.85. The van der Waals surface area contributed by atoms with Gasteiger partial charge in [-0.25, -0.2) is 0 Å². The van der Waals surface area contributed by atoms with Gasteiger partial charge >= 0.3 is 10.2 Å². The molecule has 1 saturated heterocycles. The van der Waals surface area contributed by atoms with Crippen LogP contribution >= 0.6 is 0 Å². The molecule has 21 heavy (non-hydrogen) atoms. The topological polar surface area (TPSA) is 74.7 Å². The van der Waals surface area contributed by atoms with Gasteiger partial charge in [-0.1, -0.05) is 24.3 Å². The van der Waals surface area contributed by atoms with Crippen molar-refractivity contribution in [1.82, 2.24) is 4.90 Å². The molecule has 3 rings (SSSR count). The summed E-state index contributed by atoms with van der Waals surface area (Å²) in [7, 11) is -4.59. The summed E-state index contributed by atoms with van der Waals surface area (Å²) in [6.07, 6.45) is -0.224. The first kappa shape index (κ1) is 14.5. The van der Waals surface area contributed by atoms with Crippen LogP contribution in [0, 0.1) is 5.92 Å². The number of fused-ring (bicyclic) bond motifs is 1. The number of amides is 1. The van der Waals surface area contributed by atoms with E-state index in [2.05, 4.69) is 0 Å². The Morgan fingerprint density at radius 1 is 1.29 bits per heavy atom. The molecule has 1 fully saturated rings. The van der Waals surface area contributed by atoms with E-state index < -0.39 is 34.0 Å². The number of nitrogens with zero attached hydrogens (tertiary/aromatic N) is 1. The van der Waals surface area contributed by atoms with Crippen LogP contribution in [0.3, 0.4) is 0 Å². The van der Waals surface area contributed by atoms with Crippen LogP contribution in [-0.4, -0.2) is 42.7 Å². The molecular weight excluding hydrogens is 297 g/mol. The third-order valence-corrected chi connectivity index (χ3v) is 5.05. The van der Waals surface area contributed by atoms with E-state index in [1.54, 1.807) is 0 Å². The molecule has 1 heterocycles. The summed E-state index contributed by atoms with van der Waals surface area (Å²) in [6, 6.07) is 7.03. The van der Waals surface area contributed by atoms with Gasteiger partial charge in [0.1, 0.15) is 0 Å². The molecular formula is C14H16FNO4S. The average Bonchev–Trinajstić information content (AvgIpc) is 2.86. The number of rotatable bonds is 3. The van der Waals surface area contributed by atoms with Crippen LogP contribution in [0.2, 0.25) is 0 Å². The van der Waals surface area contributed by atoms with Crippen molar-refractivity contribution >= 4 is 16.1 Å². The maximum Gasteiger partial charge on any atom is 0.302 e. The van der Waals surface area contributed by atoms with Crippen LogP contribution in [-0.2, 0) is 21.4 Å². The third-order valence-electron chi connectivity index (χ3n) is 4.18. The van der Waals surface area contributed by atoms with Crippen molar-refractivity contribution < 1.29 is 22.2 Å². The first-order valence-electron chi connectivity index (χ1n) is 6.83. The van der Waals surface area contributed by atoms with Crippen LogP contribution in [0.15, 0.2) is 24.3 Å². The number of likely N-dealkylation sites (tertiary alicyclic amines) is 1. The van der Waals surface area contributed by atoms with E-state index in [9.17, 15) is 22.2 Å². The van der Waals surface area contributed by atoms with E-state index in [4.69, 9.17) is 0 Å². The van der Waals surface area contributed by atoms with Gasteiger partial charge in [0, 0.05) is 25.3 Å². The molecule has 1 aromatic rings. The quantitative estimate of drug-likeness (QED) is 0.837. The number of benzene rings is 1. The van der Waals surface area contributed by atoms with E-state index in [1.165, 1.54) is 4.90 Å². The fourth-order valence-corrected chi connectivity index (χ4v) is 4.19. The summed E-state index contributed by atoms with van der Waals surface area (Å²) in [5.74, 6) is -1.42. The maximum absolute atomic E-state index is 12.8. The molecule has 1 unspecified atom stereocenters. The smallest absolute Gasteiger partial charge is 0.302 e. The number of carbonyl (C=O) groups is 1. The molecule has 3 atom stereocenters. The molecule has 0 spiro atoms. The summed E-state index contributed by atoms with van der Waals surface area (Å²) in [6.45, 7) is 0.165. The Bertz CT molecular complexity index is 675. The summed E-state index contributed by atoms with van der Waals surface area (Å²) < 4.78 is 34.3. The van der Waals surface area contributed by atoms with Crippen molar-refractivity contribution in [3.8, 4) is 0 Å². The van der Waals surface area contributed by atoms with Crippen molar-refractivity contribution in [1.29, 1.82) is 0 Å². The fraction of sp³-hybridized carbons (Fsp3) is 0.500. The van der Waals surface area contributed by atoms with E-state index >= 15 is 0 Å². The van der Waals surface area contributed by atoms with Crippen molar-refractivity contribution in [2.45, 2.75) is 25.0 Å². The predicted octanol–water partition coefficient (Wildman–Crippen LogP) is 0.793. The molecule has 0 saturated carbocycles. The SMILES string of the molecule is O=C1CC(CS(=O)(=O)F)CN1[C@@H]1c2ccccc2C[C@@H]1O. The molecule has 1 amide bonds. The van der Waals surface area contributed by atoms with Gasteiger partial charge in [-0.05, 0) is 11.1 Å².